The molecule has 8 rings (SSSR count). The van der Waals surface area contributed by atoms with Crippen LogP contribution in [-0.4, -0.2) is 0 Å². The van der Waals surface area contributed by atoms with Gasteiger partial charge in [-0.1, -0.05) is 116 Å². The van der Waals surface area contributed by atoms with E-state index in [1.54, 1.807) is 0 Å². The van der Waals surface area contributed by atoms with E-state index in [-0.39, 0.29) is 0 Å². The number of allylic oxidation sites excluding steroid dienone is 10. The number of para-hydroxylation sites is 1. The molecule has 47 heavy (non-hydrogen) atoms. The molecule has 2 nitrogen and oxygen atoms in total. The van der Waals surface area contributed by atoms with E-state index in [1.165, 1.54) is 42.1 Å². The third-order valence-corrected chi connectivity index (χ3v) is 10.4. The molecule has 0 atom stereocenters. The Morgan fingerprint density at radius 2 is 1.62 bits per heavy atom. The van der Waals surface area contributed by atoms with Crippen molar-refractivity contribution in [3.05, 3.63) is 169 Å². The molecule has 1 aliphatic rings. The summed E-state index contributed by atoms with van der Waals surface area (Å²) in [6.45, 7) is 8.34. The second-order valence-electron chi connectivity index (χ2n) is 12.1. The van der Waals surface area contributed by atoms with Crippen molar-refractivity contribution in [2.24, 2.45) is 0 Å². The molecule has 0 saturated heterocycles. The summed E-state index contributed by atoms with van der Waals surface area (Å²) in [4.78, 5) is 2.39. The minimum Gasteiger partial charge on any atom is -0.455 e. The maximum atomic E-state index is 6.73. The van der Waals surface area contributed by atoms with E-state index in [4.69, 9.17) is 4.42 Å². The van der Waals surface area contributed by atoms with Crippen LogP contribution in [0.25, 0.3) is 58.5 Å². The van der Waals surface area contributed by atoms with Gasteiger partial charge in [0.25, 0.3) is 0 Å². The highest BCUT2D eigenvalue weighted by molar-refractivity contribution is 7.26. The van der Waals surface area contributed by atoms with Crippen LogP contribution in [0.3, 0.4) is 0 Å². The fourth-order valence-corrected chi connectivity index (χ4v) is 8.17. The molecule has 3 heteroatoms. The van der Waals surface area contributed by atoms with E-state index in [0.29, 0.717) is 0 Å². The summed E-state index contributed by atoms with van der Waals surface area (Å²) >= 11 is 1.86. The van der Waals surface area contributed by atoms with Gasteiger partial charge in [0.1, 0.15) is 11.2 Å². The molecule has 0 saturated carbocycles. The Bertz CT molecular complexity index is 2510. The molecule has 0 amide bonds. The Morgan fingerprint density at radius 1 is 0.851 bits per heavy atom. The van der Waals surface area contributed by atoms with Crippen LogP contribution in [0.2, 0.25) is 0 Å². The third kappa shape index (κ3) is 5.04. The minimum absolute atomic E-state index is 0.905. The van der Waals surface area contributed by atoms with Crippen LogP contribution in [0.1, 0.15) is 32.3 Å². The molecule has 0 aliphatic heterocycles. The lowest BCUT2D eigenvalue weighted by atomic mass is 9.95. The molecular formula is C44H35NOS. The zero-order chi connectivity index (χ0) is 31.9. The summed E-state index contributed by atoms with van der Waals surface area (Å²) < 4.78 is 9.30. The summed E-state index contributed by atoms with van der Waals surface area (Å²) in [5.41, 5.74) is 8.78. The molecule has 2 aromatic heterocycles. The fraction of sp³-hybridized carbons (Fsp3) is 0.0909. The smallest absolute Gasteiger partial charge is 0.143 e. The maximum absolute atomic E-state index is 6.73. The zero-order valence-electron chi connectivity index (χ0n) is 26.7. The highest BCUT2D eigenvalue weighted by atomic mass is 32.1. The Hall–Kier alpha value is -5.38. The number of thiophene rings is 1. The quantitative estimate of drug-likeness (QED) is 0.171. The van der Waals surface area contributed by atoms with E-state index in [0.717, 1.165) is 57.3 Å². The Morgan fingerprint density at radius 3 is 2.47 bits per heavy atom. The van der Waals surface area contributed by atoms with Gasteiger partial charge >= 0.3 is 0 Å². The van der Waals surface area contributed by atoms with Gasteiger partial charge in [-0.3, -0.25) is 0 Å². The van der Waals surface area contributed by atoms with Crippen LogP contribution in [0.5, 0.6) is 0 Å². The first-order chi connectivity index (χ1) is 23.1. The summed E-state index contributed by atoms with van der Waals surface area (Å²) in [6.07, 6.45) is 17.3. The molecule has 5 aromatic carbocycles. The second kappa shape index (κ2) is 12.1. The van der Waals surface area contributed by atoms with E-state index in [1.807, 2.05) is 17.4 Å². The number of furan rings is 1. The van der Waals surface area contributed by atoms with E-state index >= 15 is 0 Å². The lowest BCUT2D eigenvalue weighted by Crippen LogP contribution is -2.17. The Balaban J connectivity index is 1.41. The van der Waals surface area contributed by atoms with Crippen molar-refractivity contribution in [2.75, 3.05) is 4.90 Å². The summed E-state index contributed by atoms with van der Waals surface area (Å²) in [5.74, 6) is 0. The first kappa shape index (κ1) is 29.1. The van der Waals surface area contributed by atoms with Crippen molar-refractivity contribution in [3.63, 3.8) is 0 Å². The van der Waals surface area contributed by atoms with Crippen LogP contribution >= 0.6 is 11.3 Å². The molecular weight excluding hydrogens is 591 g/mol. The molecule has 2 heterocycles. The van der Waals surface area contributed by atoms with Crippen molar-refractivity contribution in [3.8, 4) is 0 Å². The molecule has 0 bridgehead atoms. The van der Waals surface area contributed by atoms with Gasteiger partial charge in [0.2, 0.25) is 0 Å². The minimum atomic E-state index is 0.905. The van der Waals surface area contributed by atoms with Crippen LogP contribution in [-0.2, 0) is 0 Å². The first-order valence-corrected chi connectivity index (χ1v) is 17.0. The molecule has 0 unspecified atom stereocenters. The van der Waals surface area contributed by atoms with Gasteiger partial charge in [0.15, 0.2) is 0 Å². The summed E-state index contributed by atoms with van der Waals surface area (Å²) in [5, 5.41) is 7.23. The van der Waals surface area contributed by atoms with Gasteiger partial charge in [-0.2, -0.15) is 0 Å². The topological polar surface area (TPSA) is 16.4 Å². The molecule has 1 aliphatic carbocycles. The number of fused-ring (bicyclic) bond motifs is 7. The van der Waals surface area contributed by atoms with E-state index < -0.39 is 0 Å². The second-order valence-corrected chi connectivity index (χ2v) is 13.1. The number of hydrogen-bond acceptors (Lipinski definition) is 3. The molecule has 0 N–H and O–H groups in total. The van der Waals surface area contributed by atoms with Crippen molar-refractivity contribution in [2.45, 2.75) is 26.7 Å². The zero-order valence-corrected chi connectivity index (χ0v) is 27.5. The normalized spacial score (nSPS) is 16.0. The van der Waals surface area contributed by atoms with Gasteiger partial charge in [0.05, 0.1) is 10.4 Å². The third-order valence-electron chi connectivity index (χ3n) is 9.22. The average molecular weight is 626 g/mol. The number of anilines is 1. The molecule has 7 aromatic rings. The van der Waals surface area contributed by atoms with Gasteiger partial charge in [-0.25, -0.2) is 0 Å². The van der Waals surface area contributed by atoms with Crippen molar-refractivity contribution in [1.82, 2.24) is 0 Å². The van der Waals surface area contributed by atoms with Crippen molar-refractivity contribution in [1.29, 1.82) is 0 Å². The van der Waals surface area contributed by atoms with Crippen LogP contribution in [0, 0.1) is 0 Å². The predicted molar refractivity (Wildman–Crippen MR) is 205 cm³/mol. The number of rotatable bonds is 6. The van der Waals surface area contributed by atoms with Gasteiger partial charge < -0.3 is 9.32 Å². The van der Waals surface area contributed by atoms with E-state index in [9.17, 15) is 0 Å². The largest absolute Gasteiger partial charge is 0.455 e. The predicted octanol–water partition coefficient (Wildman–Crippen LogP) is 13.3. The SMILES string of the molecule is C=C/C=C1/CCC=C/C1=C\N(/C(C)=C(/C=C\C)c1cccc2c1oc1cc3ccccc3cc12)c1cccc2c1sc1ccccc12. The molecule has 0 radical (unpaired) electrons. The lowest BCUT2D eigenvalue weighted by molar-refractivity contribution is 0.668. The lowest BCUT2D eigenvalue weighted by Gasteiger charge is -2.27. The van der Waals surface area contributed by atoms with Crippen molar-refractivity contribution >= 4 is 75.5 Å². The van der Waals surface area contributed by atoms with Crippen LogP contribution < -0.4 is 4.90 Å². The highest BCUT2D eigenvalue weighted by Crippen LogP contribution is 2.43. The van der Waals surface area contributed by atoms with Gasteiger partial charge in [0, 0.05) is 49.3 Å². The fourth-order valence-electron chi connectivity index (χ4n) is 6.95. The molecule has 228 valence electrons. The Labute approximate surface area is 279 Å². The number of benzene rings is 5. The van der Waals surface area contributed by atoms with Gasteiger partial charge in [-0.15, -0.1) is 11.3 Å². The monoisotopic (exact) mass is 625 g/mol. The molecule has 0 spiro atoms. The summed E-state index contributed by atoms with van der Waals surface area (Å²) in [7, 11) is 0. The number of nitrogens with zero attached hydrogens (tertiary/aromatic N) is 1. The number of hydrogen-bond donors (Lipinski definition) is 0. The maximum Gasteiger partial charge on any atom is 0.143 e. The Kier molecular flexibility index (Phi) is 7.47. The summed E-state index contributed by atoms with van der Waals surface area (Å²) in [6, 6.07) is 34.8. The average Bonchev–Trinajstić information content (AvgIpc) is 3.67. The van der Waals surface area contributed by atoms with Gasteiger partial charge in [-0.05, 0) is 72.9 Å². The van der Waals surface area contributed by atoms with Crippen molar-refractivity contribution < 1.29 is 4.42 Å². The van der Waals surface area contributed by atoms with E-state index in [2.05, 4.69) is 159 Å². The standard InChI is InChI=1S/C44H35NOS/c1-4-14-30-16-6-9-19-33(30)28-45(40-24-13-23-38-35-20-10-11-25-42(35)47-44(38)40)29(3)34(15-5-2)36-21-12-22-37-39-26-31-17-7-8-18-32(31)27-41(39)46-43(36)37/h4-5,7-15,17-28H,1,6,16H2,2-3H3/b15-5-,30-14-,33-28+,34-29-. The van der Waals surface area contributed by atoms with Crippen LogP contribution in [0.4, 0.5) is 5.69 Å². The molecule has 0 fully saturated rings. The van der Waals surface area contributed by atoms with Crippen LogP contribution in [0.15, 0.2) is 168 Å². The highest BCUT2D eigenvalue weighted by Gasteiger charge is 2.21. The first-order valence-electron chi connectivity index (χ1n) is 16.2.